The SMILES string of the molecule is CCCCNC(=O)[C@H](C)N(Cc1ccccc1F)C(=O)CN(c1ccc(OCC)cc1)S(=O)(=O)c1ccc(Br)cc1. The number of nitrogens with one attached hydrogen (secondary N) is 1. The third kappa shape index (κ3) is 8.53. The summed E-state index contributed by atoms with van der Waals surface area (Å²) in [5, 5.41) is 2.81. The second-order valence-electron chi connectivity index (χ2n) is 9.33. The first-order valence-electron chi connectivity index (χ1n) is 13.4. The maximum Gasteiger partial charge on any atom is 0.264 e. The predicted molar refractivity (Wildman–Crippen MR) is 161 cm³/mol. The molecule has 0 radical (unpaired) electrons. The Morgan fingerprint density at radius 1 is 1.00 bits per heavy atom. The van der Waals surface area contributed by atoms with Crippen LogP contribution in [0.4, 0.5) is 10.1 Å². The molecule has 3 aromatic carbocycles. The predicted octanol–water partition coefficient (Wildman–Crippen LogP) is 5.52. The van der Waals surface area contributed by atoms with Gasteiger partial charge in [0.1, 0.15) is 24.2 Å². The Kier molecular flexibility index (Phi) is 11.7. The fourth-order valence-electron chi connectivity index (χ4n) is 4.07. The first kappa shape index (κ1) is 32.1. The van der Waals surface area contributed by atoms with E-state index in [1.807, 2.05) is 13.8 Å². The lowest BCUT2D eigenvalue weighted by Crippen LogP contribution is -2.51. The highest BCUT2D eigenvalue weighted by atomic mass is 79.9. The highest BCUT2D eigenvalue weighted by Crippen LogP contribution is 2.27. The number of carbonyl (C=O) groups is 2. The first-order valence-corrected chi connectivity index (χ1v) is 15.6. The summed E-state index contributed by atoms with van der Waals surface area (Å²) >= 11 is 3.31. The van der Waals surface area contributed by atoms with Crippen LogP contribution in [0.1, 0.15) is 39.2 Å². The fourth-order valence-corrected chi connectivity index (χ4v) is 5.75. The van der Waals surface area contributed by atoms with Gasteiger partial charge in [-0.1, -0.05) is 47.5 Å². The van der Waals surface area contributed by atoms with Crippen molar-refractivity contribution in [3.05, 3.63) is 88.6 Å². The highest BCUT2D eigenvalue weighted by molar-refractivity contribution is 9.10. The number of hydrogen-bond donors (Lipinski definition) is 1. The van der Waals surface area contributed by atoms with Crippen molar-refractivity contribution in [1.29, 1.82) is 0 Å². The molecule has 3 aromatic rings. The highest BCUT2D eigenvalue weighted by Gasteiger charge is 2.33. The van der Waals surface area contributed by atoms with Crippen LogP contribution >= 0.6 is 15.9 Å². The van der Waals surface area contributed by atoms with E-state index >= 15 is 0 Å². The zero-order valence-corrected chi connectivity index (χ0v) is 25.8. The molecule has 0 unspecified atom stereocenters. The summed E-state index contributed by atoms with van der Waals surface area (Å²) < 4.78 is 49.6. The lowest BCUT2D eigenvalue weighted by atomic mass is 10.1. The second kappa shape index (κ2) is 15.0. The molecular formula is C30H35BrFN3O5S. The van der Waals surface area contributed by atoms with Gasteiger partial charge in [0.2, 0.25) is 11.8 Å². The van der Waals surface area contributed by atoms with Crippen molar-refractivity contribution in [3.63, 3.8) is 0 Å². The molecule has 1 N–H and O–H groups in total. The van der Waals surface area contributed by atoms with E-state index in [1.165, 1.54) is 35.2 Å². The number of nitrogens with zero attached hydrogens (tertiary/aromatic N) is 2. The van der Waals surface area contributed by atoms with Crippen LogP contribution in [0.2, 0.25) is 0 Å². The van der Waals surface area contributed by atoms with Crippen LogP contribution in [-0.4, -0.2) is 50.9 Å². The van der Waals surface area contributed by atoms with Gasteiger partial charge in [-0.25, -0.2) is 12.8 Å². The van der Waals surface area contributed by atoms with E-state index in [0.29, 0.717) is 23.4 Å². The number of halogens is 2. The van der Waals surface area contributed by atoms with Crippen molar-refractivity contribution in [3.8, 4) is 5.75 Å². The van der Waals surface area contributed by atoms with Crippen molar-refractivity contribution in [2.75, 3.05) is 24.0 Å². The Hall–Kier alpha value is -3.44. The number of amides is 2. The van der Waals surface area contributed by atoms with Crippen LogP contribution in [0.15, 0.2) is 82.2 Å². The maximum atomic E-state index is 14.6. The fraction of sp³-hybridized carbons (Fsp3) is 0.333. The summed E-state index contributed by atoms with van der Waals surface area (Å²) in [5.74, 6) is -1.07. The van der Waals surface area contributed by atoms with Gasteiger partial charge in [-0.15, -0.1) is 0 Å². The summed E-state index contributed by atoms with van der Waals surface area (Å²) in [6, 6.07) is 17.4. The Morgan fingerprint density at radius 2 is 1.66 bits per heavy atom. The van der Waals surface area contributed by atoms with Gasteiger partial charge >= 0.3 is 0 Å². The number of carbonyl (C=O) groups excluding carboxylic acids is 2. The van der Waals surface area contributed by atoms with Crippen molar-refractivity contribution < 1.29 is 27.1 Å². The molecule has 0 bridgehead atoms. The van der Waals surface area contributed by atoms with E-state index in [2.05, 4.69) is 21.2 Å². The minimum absolute atomic E-state index is 0.0200. The summed E-state index contributed by atoms with van der Waals surface area (Å²) in [5.41, 5.74) is 0.438. The average molecular weight is 649 g/mol. The van der Waals surface area contributed by atoms with Gasteiger partial charge in [0.05, 0.1) is 17.2 Å². The molecule has 0 aliphatic rings. The standard InChI is InChI=1S/C30H35BrFN3O5S/c1-4-6-19-33-30(37)22(3)34(20-23-9-7-8-10-28(23)32)29(36)21-35(25-13-15-26(16-14-25)40-5-2)41(38,39)27-17-11-24(31)12-18-27/h7-18,22H,4-6,19-21H2,1-3H3,(H,33,37)/t22-/m0/s1. The quantitative estimate of drug-likeness (QED) is 0.233. The molecule has 0 aliphatic heterocycles. The molecule has 0 saturated carbocycles. The molecule has 11 heteroatoms. The van der Waals surface area contributed by atoms with E-state index in [9.17, 15) is 22.4 Å². The summed E-state index contributed by atoms with van der Waals surface area (Å²) in [7, 11) is -4.22. The number of anilines is 1. The third-order valence-electron chi connectivity index (χ3n) is 6.41. The molecule has 3 rings (SSSR count). The molecule has 220 valence electrons. The molecule has 1 atom stereocenters. The summed E-state index contributed by atoms with van der Waals surface area (Å²) in [6.07, 6.45) is 1.63. The number of hydrogen-bond acceptors (Lipinski definition) is 5. The molecular weight excluding hydrogens is 613 g/mol. The van der Waals surface area contributed by atoms with E-state index in [-0.39, 0.29) is 22.7 Å². The van der Waals surface area contributed by atoms with E-state index in [0.717, 1.165) is 17.1 Å². The molecule has 0 aromatic heterocycles. The van der Waals surface area contributed by atoms with Crippen LogP contribution in [0.25, 0.3) is 0 Å². The van der Waals surface area contributed by atoms with E-state index in [1.54, 1.807) is 49.4 Å². The monoisotopic (exact) mass is 647 g/mol. The third-order valence-corrected chi connectivity index (χ3v) is 8.73. The molecule has 0 aliphatic carbocycles. The molecule has 41 heavy (non-hydrogen) atoms. The minimum Gasteiger partial charge on any atom is -0.494 e. The number of sulfonamides is 1. The molecule has 0 fully saturated rings. The van der Waals surface area contributed by atoms with Gasteiger partial charge in [-0.2, -0.15) is 0 Å². The maximum absolute atomic E-state index is 14.6. The minimum atomic E-state index is -4.22. The van der Waals surface area contributed by atoms with Gasteiger partial charge < -0.3 is 15.0 Å². The van der Waals surface area contributed by atoms with Gasteiger partial charge in [-0.3, -0.25) is 13.9 Å². The van der Waals surface area contributed by atoms with Crippen LogP contribution < -0.4 is 14.4 Å². The van der Waals surface area contributed by atoms with Gasteiger partial charge in [-0.05, 0) is 74.9 Å². The van der Waals surface area contributed by atoms with Crippen LogP contribution in [-0.2, 0) is 26.2 Å². The lowest BCUT2D eigenvalue weighted by molar-refractivity contribution is -0.139. The second-order valence-corrected chi connectivity index (χ2v) is 12.1. The molecule has 2 amide bonds. The Morgan fingerprint density at radius 3 is 2.27 bits per heavy atom. The van der Waals surface area contributed by atoms with Gasteiger partial charge in [0, 0.05) is 23.1 Å². The number of rotatable bonds is 14. The smallest absolute Gasteiger partial charge is 0.264 e. The Balaban J connectivity index is 2.01. The molecule has 0 spiro atoms. The topological polar surface area (TPSA) is 96.0 Å². The van der Waals surface area contributed by atoms with E-state index in [4.69, 9.17) is 4.74 Å². The van der Waals surface area contributed by atoms with Crippen molar-refractivity contribution in [1.82, 2.24) is 10.2 Å². The molecule has 0 saturated heterocycles. The van der Waals surface area contributed by atoms with E-state index < -0.39 is 40.2 Å². The largest absolute Gasteiger partial charge is 0.494 e. The lowest BCUT2D eigenvalue weighted by Gasteiger charge is -2.32. The van der Waals surface area contributed by atoms with Crippen molar-refractivity contribution in [2.24, 2.45) is 0 Å². The zero-order chi connectivity index (χ0) is 30.0. The summed E-state index contributed by atoms with van der Waals surface area (Å²) in [4.78, 5) is 28.1. The zero-order valence-electron chi connectivity index (χ0n) is 23.3. The normalized spacial score (nSPS) is 11.9. The first-order chi connectivity index (χ1) is 19.6. The van der Waals surface area contributed by atoms with Crippen LogP contribution in [0, 0.1) is 5.82 Å². The number of ether oxygens (including phenoxy) is 1. The molecule has 8 nitrogen and oxygen atoms in total. The molecule has 0 heterocycles. The number of benzene rings is 3. The Bertz CT molecular complexity index is 1420. The number of unbranched alkanes of at least 4 members (excludes halogenated alkanes) is 1. The van der Waals surface area contributed by atoms with Crippen LogP contribution in [0.3, 0.4) is 0 Å². The Labute approximate surface area is 249 Å². The van der Waals surface area contributed by atoms with Crippen molar-refractivity contribution in [2.45, 2.75) is 51.1 Å². The average Bonchev–Trinajstić information content (AvgIpc) is 2.96. The van der Waals surface area contributed by atoms with Crippen molar-refractivity contribution >= 4 is 43.5 Å². The van der Waals surface area contributed by atoms with Gasteiger partial charge in [0.25, 0.3) is 10.0 Å². The van der Waals surface area contributed by atoms with Crippen LogP contribution in [0.5, 0.6) is 5.75 Å². The van der Waals surface area contributed by atoms with Gasteiger partial charge in [0.15, 0.2) is 0 Å². The summed E-state index contributed by atoms with van der Waals surface area (Å²) in [6.45, 7) is 5.40.